The van der Waals surface area contributed by atoms with E-state index in [9.17, 15) is 31.1 Å². The molecule has 8 nitrogen and oxygen atoms in total. The number of halogens is 6. The van der Waals surface area contributed by atoms with E-state index in [-0.39, 0.29) is 22.4 Å². The maximum absolute atomic E-state index is 13.0. The first-order valence-electron chi connectivity index (χ1n) is 10.4. The van der Waals surface area contributed by atoms with E-state index in [2.05, 4.69) is 15.1 Å². The Morgan fingerprint density at radius 3 is 2.47 bits per heavy atom. The van der Waals surface area contributed by atoms with Crippen LogP contribution in [-0.4, -0.2) is 56.7 Å². The highest BCUT2D eigenvalue weighted by Gasteiger charge is 2.49. The molecule has 3 aromatic heterocycles. The Bertz CT molecular complexity index is 1310. The number of hydrogen-bond donors (Lipinski definition) is 0. The molecule has 3 aromatic rings. The van der Waals surface area contributed by atoms with Gasteiger partial charge in [0.25, 0.3) is 5.56 Å². The van der Waals surface area contributed by atoms with Crippen molar-refractivity contribution in [2.45, 2.75) is 25.3 Å². The quantitative estimate of drug-likeness (QED) is 0.530. The van der Waals surface area contributed by atoms with E-state index in [0.29, 0.717) is 43.0 Å². The van der Waals surface area contributed by atoms with Gasteiger partial charge in [0.2, 0.25) is 5.95 Å². The Kier molecular flexibility index (Phi) is 4.85. The number of anilines is 2. The van der Waals surface area contributed by atoms with Gasteiger partial charge >= 0.3 is 12.4 Å². The number of aromatic nitrogens is 5. The molecule has 182 valence electrons. The fourth-order valence-electron chi connectivity index (χ4n) is 4.74. The van der Waals surface area contributed by atoms with Crippen molar-refractivity contribution in [2.24, 2.45) is 12.5 Å². The fraction of sp³-hybridized carbons (Fsp3) is 0.500. The molecule has 0 N–H and O–H groups in total. The molecule has 0 unspecified atom stereocenters. The van der Waals surface area contributed by atoms with Crippen molar-refractivity contribution in [3.05, 3.63) is 40.6 Å². The fourth-order valence-corrected chi connectivity index (χ4v) is 4.74. The van der Waals surface area contributed by atoms with Gasteiger partial charge in [0.05, 0.1) is 6.20 Å². The van der Waals surface area contributed by atoms with Crippen molar-refractivity contribution in [2.75, 3.05) is 36.0 Å². The van der Waals surface area contributed by atoms with Gasteiger partial charge in [-0.15, -0.1) is 0 Å². The highest BCUT2D eigenvalue weighted by molar-refractivity contribution is 5.75. The predicted molar refractivity (Wildman–Crippen MR) is 110 cm³/mol. The van der Waals surface area contributed by atoms with Gasteiger partial charge in [-0.1, -0.05) is 0 Å². The summed E-state index contributed by atoms with van der Waals surface area (Å²) in [6.07, 6.45) is -6.14. The minimum atomic E-state index is -4.53. The van der Waals surface area contributed by atoms with Crippen LogP contribution in [0.4, 0.5) is 38.0 Å². The van der Waals surface area contributed by atoms with Gasteiger partial charge in [0.1, 0.15) is 17.6 Å². The van der Waals surface area contributed by atoms with E-state index in [1.165, 1.54) is 17.7 Å². The molecule has 0 radical (unpaired) electrons. The van der Waals surface area contributed by atoms with E-state index in [0.717, 1.165) is 18.5 Å². The van der Waals surface area contributed by atoms with E-state index in [1.54, 1.807) is 0 Å². The molecule has 0 bridgehead atoms. The molecule has 0 aliphatic carbocycles. The average Bonchev–Trinajstić information content (AvgIpc) is 3.33. The van der Waals surface area contributed by atoms with Crippen molar-refractivity contribution in [3.63, 3.8) is 0 Å². The number of fused-ring (bicyclic) bond motifs is 1. The van der Waals surface area contributed by atoms with Crippen LogP contribution in [0.1, 0.15) is 12.1 Å². The topological polar surface area (TPSA) is 72.1 Å². The van der Waals surface area contributed by atoms with Crippen molar-refractivity contribution in [1.29, 1.82) is 0 Å². The standard InChI is InChI=1S/C20H19F6N7O/c1-30-16(34)13-7-28-33(11-19(21,22)23)15(13)29-17(30)31-5-3-18(8-31)9-32(10-18)12-2-4-27-14(6-12)20(24,25)26/h2,4,6-7H,3,5,8-11H2,1H3. The second-order valence-electron chi connectivity index (χ2n) is 8.86. The van der Waals surface area contributed by atoms with Crippen LogP contribution in [0.5, 0.6) is 0 Å². The number of alkyl halides is 6. The van der Waals surface area contributed by atoms with Crippen LogP contribution >= 0.6 is 0 Å². The molecule has 2 fully saturated rings. The number of nitrogens with zero attached hydrogens (tertiary/aromatic N) is 7. The summed E-state index contributed by atoms with van der Waals surface area (Å²) in [6, 6.07) is 2.54. The lowest BCUT2D eigenvalue weighted by atomic mass is 9.79. The molecular weight excluding hydrogens is 468 g/mol. The maximum Gasteiger partial charge on any atom is 0.433 e. The van der Waals surface area contributed by atoms with Gasteiger partial charge < -0.3 is 9.80 Å². The first-order valence-corrected chi connectivity index (χ1v) is 10.4. The molecule has 1 spiro atoms. The Morgan fingerprint density at radius 2 is 1.79 bits per heavy atom. The van der Waals surface area contributed by atoms with Gasteiger partial charge in [0, 0.05) is 50.5 Å². The first kappa shape index (κ1) is 22.5. The zero-order valence-electron chi connectivity index (χ0n) is 17.9. The van der Waals surface area contributed by atoms with Gasteiger partial charge in [0.15, 0.2) is 5.65 Å². The average molecular weight is 487 g/mol. The van der Waals surface area contributed by atoms with Crippen molar-refractivity contribution >= 4 is 22.7 Å². The van der Waals surface area contributed by atoms with Crippen LogP contribution in [0.2, 0.25) is 0 Å². The van der Waals surface area contributed by atoms with Crippen molar-refractivity contribution in [3.8, 4) is 0 Å². The summed E-state index contributed by atoms with van der Waals surface area (Å²) < 4.78 is 79.6. The van der Waals surface area contributed by atoms with E-state index in [1.807, 2.05) is 9.80 Å². The van der Waals surface area contributed by atoms with Crippen LogP contribution in [0.25, 0.3) is 11.0 Å². The molecule has 2 saturated heterocycles. The van der Waals surface area contributed by atoms with Crippen LogP contribution in [-0.2, 0) is 19.8 Å². The number of rotatable bonds is 3. The number of hydrogen-bond acceptors (Lipinski definition) is 6. The second kappa shape index (κ2) is 7.34. The predicted octanol–water partition coefficient (Wildman–Crippen LogP) is 2.82. The molecule has 0 saturated carbocycles. The normalized spacial score (nSPS) is 18.2. The minimum Gasteiger partial charge on any atom is -0.370 e. The van der Waals surface area contributed by atoms with E-state index >= 15 is 0 Å². The smallest absolute Gasteiger partial charge is 0.370 e. The van der Waals surface area contributed by atoms with E-state index < -0.39 is 30.2 Å². The first-order chi connectivity index (χ1) is 15.9. The van der Waals surface area contributed by atoms with Crippen LogP contribution < -0.4 is 15.4 Å². The lowest BCUT2D eigenvalue weighted by molar-refractivity contribution is -0.142. The zero-order valence-corrected chi connectivity index (χ0v) is 17.9. The van der Waals surface area contributed by atoms with Crippen LogP contribution in [0.3, 0.4) is 0 Å². The molecule has 5 heterocycles. The summed E-state index contributed by atoms with van der Waals surface area (Å²) in [7, 11) is 1.50. The molecule has 5 rings (SSSR count). The SMILES string of the molecule is Cn1c(N2CCC3(CN(c4ccnc(C(F)(F)F)c4)C3)C2)nc2c(cnn2CC(F)(F)F)c1=O. The summed E-state index contributed by atoms with van der Waals surface area (Å²) in [5, 5.41) is 3.68. The molecular formula is C20H19F6N7O. The molecule has 0 amide bonds. The lowest BCUT2D eigenvalue weighted by Gasteiger charge is -2.49. The van der Waals surface area contributed by atoms with Crippen LogP contribution in [0, 0.1) is 5.41 Å². The Labute approximate surface area is 188 Å². The third-order valence-corrected chi connectivity index (χ3v) is 6.35. The molecule has 34 heavy (non-hydrogen) atoms. The summed E-state index contributed by atoms with van der Waals surface area (Å²) in [5.41, 5.74) is -1.39. The summed E-state index contributed by atoms with van der Waals surface area (Å²) in [4.78, 5) is 24.1. The van der Waals surface area contributed by atoms with Gasteiger partial charge in [-0.05, 0) is 18.6 Å². The van der Waals surface area contributed by atoms with Crippen molar-refractivity contribution in [1.82, 2.24) is 24.3 Å². The van der Waals surface area contributed by atoms with E-state index in [4.69, 9.17) is 0 Å². The third kappa shape index (κ3) is 3.84. The molecule has 0 aromatic carbocycles. The summed E-state index contributed by atoms with van der Waals surface area (Å²) in [6.45, 7) is 0.637. The van der Waals surface area contributed by atoms with Gasteiger partial charge in [-0.2, -0.15) is 36.4 Å². The van der Waals surface area contributed by atoms with Crippen LogP contribution in [0.15, 0.2) is 29.3 Å². The lowest BCUT2D eigenvalue weighted by Crippen LogP contribution is -2.58. The number of pyridine rings is 1. The molecule has 14 heteroatoms. The second-order valence-corrected chi connectivity index (χ2v) is 8.86. The molecule has 2 aliphatic rings. The van der Waals surface area contributed by atoms with Crippen molar-refractivity contribution < 1.29 is 26.3 Å². The minimum absolute atomic E-state index is 0.00242. The third-order valence-electron chi connectivity index (χ3n) is 6.35. The monoisotopic (exact) mass is 487 g/mol. The molecule has 2 aliphatic heterocycles. The van der Waals surface area contributed by atoms with Gasteiger partial charge in [-0.3, -0.25) is 14.3 Å². The zero-order chi connectivity index (χ0) is 24.5. The Balaban J connectivity index is 1.37. The Hall–Kier alpha value is -3.32. The molecule has 0 atom stereocenters. The van der Waals surface area contributed by atoms with Gasteiger partial charge in [-0.25, -0.2) is 4.68 Å². The summed E-state index contributed by atoms with van der Waals surface area (Å²) >= 11 is 0. The highest BCUT2D eigenvalue weighted by atomic mass is 19.4. The summed E-state index contributed by atoms with van der Waals surface area (Å²) in [5.74, 6) is 0.236. The highest BCUT2D eigenvalue weighted by Crippen LogP contribution is 2.43. The largest absolute Gasteiger partial charge is 0.433 e. The maximum atomic E-state index is 13.0. The Morgan fingerprint density at radius 1 is 1.09 bits per heavy atom.